The Morgan fingerprint density at radius 2 is 1.82 bits per heavy atom. The first-order valence-electron chi connectivity index (χ1n) is 10.4. The van der Waals surface area contributed by atoms with E-state index in [9.17, 15) is 22.0 Å². The van der Waals surface area contributed by atoms with Crippen molar-refractivity contribution in [1.82, 2.24) is 14.9 Å². The first-order valence-corrected chi connectivity index (χ1v) is 12.0. The zero-order chi connectivity index (χ0) is 23.6. The van der Waals surface area contributed by atoms with E-state index in [1.54, 1.807) is 42.4 Å². The van der Waals surface area contributed by atoms with E-state index in [1.807, 2.05) is 0 Å². The van der Waals surface area contributed by atoms with Crippen LogP contribution in [0.3, 0.4) is 0 Å². The molecule has 0 atom stereocenters. The molecule has 1 aliphatic heterocycles. The van der Waals surface area contributed by atoms with Crippen LogP contribution in [0.25, 0.3) is 11.1 Å². The number of pyridine rings is 2. The molecule has 33 heavy (non-hydrogen) atoms. The minimum absolute atomic E-state index is 0.215. The van der Waals surface area contributed by atoms with E-state index in [0.29, 0.717) is 47.4 Å². The largest absolute Gasteiger partial charge is 0.324 e. The Hall–Kier alpha value is -3.40. The number of hydrogen-bond acceptors (Lipinski definition) is 5. The SMILES string of the molecule is Cc1ncc(-c2ccnc(NC(=O)N3CCCC3)c2)cc1CS(=O)(=O)c1ccc(F)cc1F. The highest BCUT2D eigenvalue weighted by molar-refractivity contribution is 7.90. The van der Waals surface area contributed by atoms with E-state index >= 15 is 0 Å². The molecule has 3 heterocycles. The Morgan fingerprint density at radius 1 is 1.06 bits per heavy atom. The number of anilines is 1. The van der Waals surface area contributed by atoms with Crippen molar-refractivity contribution >= 4 is 21.7 Å². The fraction of sp³-hybridized carbons (Fsp3) is 0.261. The first kappa shape index (κ1) is 22.8. The van der Waals surface area contributed by atoms with Gasteiger partial charge in [-0.25, -0.2) is 27.0 Å². The van der Waals surface area contributed by atoms with E-state index < -0.39 is 32.1 Å². The molecule has 0 bridgehead atoms. The van der Waals surface area contributed by atoms with Crippen molar-refractivity contribution in [2.75, 3.05) is 18.4 Å². The number of nitrogens with zero attached hydrogens (tertiary/aromatic N) is 3. The van der Waals surface area contributed by atoms with Crippen LogP contribution in [0.2, 0.25) is 0 Å². The number of benzene rings is 1. The number of likely N-dealkylation sites (tertiary alicyclic amines) is 1. The molecule has 1 saturated heterocycles. The Balaban J connectivity index is 1.59. The van der Waals surface area contributed by atoms with Crippen molar-refractivity contribution in [3.63, 3.8) is 0 Å². The smallest absolute Gasteiger partial charge is 0.323 e. The summed E-state index contributed by atoms with van der Waals surface area (Å²) in [6.45, 7) is 3.07. The van der Waals surface area contributed by atoms with Crippen LogP contribution < -0.4 is 5.32 Å². The van der Waals surface area contributed by atoms with Crippen LogP contribution in [0, 0.1) is 18.6 Å². The van der Waals surface area contributed by atoms with Crippen LogP contribution in [0.4, 0.5) is 19.4 Å². The molecule has 1 N–H and O–H groups in total. The van der Waals surface area contributed by atoms with Crippen molar-refractivity contribution in [3.05, 3.63) is 71.7 Å². The molecule has 4 rings (SSSR count). The van der Waals surface area contributed by atoms with Gasteiger partial charge >= 0.3 is 6.03 Å². The zero-order valence-electron chi connectivity index (χ0n) is 17.9. The third kappa shape index (κ3) is 5.16. The second-order valence-electron chi connectivity index (χ2n) is 7.86. The highest BCUT2D eigenvalue weighted by atomic mass is 32.2. The molecule has 0 saturated carbocycles. The molecule has 1 aromatic carbocycles. The van der Waals surface area contributed by atoms with Crippen LogP contribution in [0.5, 0.6) is 0 Å². The Kier molecular flexibility index (Phi) is 6.37. The lowest BCUT2D eigenvalue weighted by atomic mass is 10.1. The van der Waals surface area contributed by atoms with Crippen molar-refractivity contribution in [3.8, 4) is 11.1 Å². The average molecular weight is 473 g/mol. The minimum Gasteiger partial charge on any atom is -0.324 e. The summed E-state index contributed by atoms with van der Waals surface area (Å²) in [6.07, 6.45) is 5.08. The number of hydrogen-bond donors (Lipinski definition) is 1. The summed E-state index contributed by atoms with van der Waals surface area (Å²) in [4.78, 5) is 22.0. The Labute approximate surface area is 190 Å². The van der Waals surface area contributed by atoms with Crippen LogP contribution >= 0.6 is 0 Å². The normalized spacial score (nSPS) is 13.8. The van der Waals surface area contributed by atoms with Crippen LogP contribution in [0.15, 0.2) is 53.7 Å². The topological polar surface area (TPSA) is 92.3 Å². The predicted octanol–water partition coefficient (Wildman–Crippen LogP) is 4.33. The van der Waals surface area contributed by atoms with E-state index in [-0.39, 0.29) is 6.03 Å². The van der Waals surface area contributed by atoms with Gasteiger partial charge in [-0.1, -0.05) is 0 Å². The van der Waals surface area contributed by atoms with Crippen LogP contribution in [-0.4, -0.2) is 42.4 Å². The van der Waals surface area contributed by atoms with Gasteiger partial charge in [0.1, 0.15) is 22.3 Å². The van der Waals surface area contributed by atoms with Gasteiger partial charge in [0, 0.05) is 42.8 Å². The monoisotopic (exact) mass is 472 g/mol. The first-order chi connectivity index (χ1) is 15.7. The van der Waals surface area contributed by atoms with Gasteiger partial charge in [0.15, 0.2) is 9.84 Å². The van der Waals surface area contributed by atoms with Crippen molar-refractivity contribution in [2.45, 2.75) is 30.4 Å². The Morgan fingerprint density at radius 3 is 2.55 bits per heavy atom. The maximum atomic E-state index is 14.1. The maximum absolute atomic E-state index is 14.1. The van der Waals surface area contributed by atoms with Gasteiger partial charge < -0.3 is 4.90 Å². The van der Waals surface area contributed by atoms with Gasteiger partial charge in [-0.3, -0.25) is 10.3 Å². The van der Waals surface area contributed by atoms with E-state index in [0.717, 1.165) is 25.0 Å². The standard InChI is InChI=1S/C23H22F2N4O3S/c1-15-18(14-33(31,32)21-5-4-19(24)12-20(21)25)10-17(13-27-15)16-6-7-26-22(11-16)28-23(30)29-8-2-3-9-29/h4-7,10-13H,2-3,8-9,14H2,1H3,(H,26,28,30). The minimum atomic E-state index is -4.07. The van der Waals surface area contributed by atoms with Gasteiger partial charge in [0.05, 0.1) is 5.75 Å². The fourth-order valence-corrected chi connectivity index (χ4v) is 5.17. The van der Waals surface area contributed by atoms with Crippen molar-refractivity contribution in [1.29, 1.82) is 0 Å². The summed E-state index contributed by atoms with van der Waals surface area (Å²) in [5, 5.41) is 2.78. The van der Waals surface area contributed by atoms with Crippen molar-refractivity contribution in [2.24, 2.45) is 0 Å². The second-order valence-corrected chi connectivity index (χ2v) is 9.81. The predicted molar refractivity (Wildman–Crippen MR) is 119 cm³/mol. The second kappa shape index (κ2) is 9.22. The maximum Gasteiger partial charge on any atom is 0.323 e. The summed E-state index contributed by atoms with van der Waals surface area (Å²) < 4.78 is 52.8. The molecule has 10 heteroatoms. The Bertz CT molecular complexity index is 1310. The number of carbonyl (C=O) groups is 1. The lowest BCUT2D eigenvalue weighted by Gasteiger charge is -2.16. The molecule has 0 unspecified atom stereocenters. The number of sulfone groups is 1. The number of amides is 2. The molecule has 172 valence electrons. The molecule has 0 spiro atoms. The number of aryl methyl sites for hydroxylation is 1. The molecule has 0 aliphatic carbocycles. The van der Waals surface area contributed by atoms with Gasteiger partial charge in [0.2, 0.25) is 0 Å². The molecule has 1 fully saturated rings. The molecular weight excluding hydrogens is 450 g/mol. The summed E-state index contributed by atoms with van der Waals surface area (Å²) in [5.41, 5.74) is 2.16. The summed E-state index contributed by atoms with van der Waals surface area (Å²) >= 11 is 0. The van der Waals surface area contributed by atoms with Crippen LogP contribution in [0.1, 0.15) is 24.1 Å². The zero-order valence-corrected chi connectivity index (χ0v) is 18.7. The highest BCUT2D eigenvalue weighted by Crippen LogP contribution is 2.26. The molecule has 2 amide bonds. The third-order valence-corrected chi connectivity index (χ3v) is 7.18. The fourth-order valence-electron chi connectivity index (χ4n) is 3.68. The number of rotatable bonds is 5. The lowest BCUT2D eigenvalue weighted by Crippen LogP contribution is -2.32. The van der Waals surface area contributed by atoms with E-state index in [4.69, 9.17) is 0 Å². The van der Waals surface area contributed by atoms with Gasteiger partial charge in [-0.15, -0.1) is 0 Å². The summed E-state index contributed by atoms with van der Waals surface area (Å²) in [5.74, 6) is -2.11. The molecule has 7 nitrogen and oxygen atoms in total. The third-order valence-electron chi connectivity index (χ3n) is 5.49. The molecular formula is C23H22F2N4O3S. The van der Waals surface area contributed by atoms with Gasteiger partial charge in [-0.05, 0) is 61.2 Å². The number of aromatic nitrogens is 2. The van der Waals surface area contributed by atoms with E-state index in [1.165, 1.54) is 0 Å². The molecule has 2 aromatic heterocycles. The number of urea groups is 1. The van der Waals surface area contributed by atoms with Crippen molar-refractivity contribution < 1.29 is 22.0 Å². The number of halogens is 2. The summed E-state index contributed by atoms with van der Waals surface area (Å²) in [6, 6.07) is 7.21. The number of carbonyl (C=O) groups excluding carboxylic acids is 1. The van der Waals surface area contributed by atoms with Gasteiger partial charge in [-0.2, -0.15) is 0 Å². The average Bonchev–Trinajstić information content (AvgIpc) is 3.30. The summed E-state index contributed by atoms with van der Waals surface area (Å²) in [7, 11) is -4.07. The molecule has 3 aromatic rings. The van der Waals surface area contributed by atoms with Gasteiger partial charge in [0.25, 0.3) is 0 Å². The number of nitrogens with one attached hydrogen (secondary N) is 1. The molecule has 0 radical (unpaired) electrons. The van der Waals surface area contributed by atoms with E-state index in [2.05, 4.69) is 15.3 Å². The highest BCUT2D eigenvalue weighted by Gasteiger charge is 2.22. The lowest BCUT2D eigenvalue weighted by molar-refractivity contribution is 0.222. The molecule has 1 aliphatic rings. The quantitative estimate of drug-likeness (QED) is 0.558. The van der Waals surface area contributed by atoms with Crippen LogP contribution in [-0.2, 0) is 15.6 Å².